The number of halogens is 1. The largest absolute Gasteiger partial charge is 0.389 e. The van der Waals surface area contributed by atoms with Crippen LogP contribution < -0.4 is 5.32 Å². The second-order valence-electron chi connectivity index (χ2n) is 4.50. The lowest BCUT2D eigenvalue weighted by atomic mass is 10.1. The molecule has 0 spiro atoms. The first-order valence-corrected chi connectivity index (χ1v) is 6.59. The van der Waals surface area contributed by atoms with E-state index in [-0.39, 0.29) is 19.1 Å². The zero-order chi connectivity index (χ0) is 14.3. The van der Waals surface area contributed by atoms with Crippen molar-refractivity contribution in [3.63, 3.8) is 0 Å². The van der Waals surface area contributed by atoms with Crippen LogP contribution in [0.1, 0.15) is 17.5 Å². The maximum Gasteiger partial charge on any atom is 0.220 e. The highest BCUT2D eigenvalue weighted by Crippen LogP contribution is 2.17. The van der Waals surface area contributed by atoms with Gasteiger partial charge in [0.1, 0.15) is 0 Å². The second kappa shape index (κ2) is 8.15. The van der Waals surface area contributed by atoms with Gasteiger partial charge in [0.2, 0.25) is 5.91 Å². The van der Waals surface area contributed by atoms with Crippen LogP contribution in [-0.4, -0.2) is 37.4 Å². The molecule has 1 unspecified atom stereocenters. The molecule has 0 aliphatic carbocycles. The fraction of sp³-hybridized carbons (Fsp3) is 0.500. The van der Waals surface area contributed by atoms with Gasteiger partial charge in [-0.25, -0.2) is 0 Å². The van der Waals surface area contributed by atoms with Crippen molar-refractivity contribution >= 4 is 17.5 Å². The monoisotopic (exact) mass is 285 g/mol. The van der Waals surface area contributed by atoms with Crippen molar-refractivity contribution in [1.29, 1.82) is 0 Å². The van der Waals surface area contributed by atoms with Crippen molar-refractivity contribution in [3.05, 3.63) is 34.3 Å². The van der Waals surface area contributed by atoms with E-state index in [1.54, 1.807) is 0 Å². The average Bonchev–Trinajstić information content (AvgIpc) is 2.38. The van der Waals surface area contributed by atoms with Crippen molar-refractivity contribution in [2.75, 3.05) is 20.3 Å². The van der Waals surface area contributed by atoms with Gasteiger partial charge >= 0.3 is 0 Å². The fourth-order valence-electron chi connectivity index (χ4n) is 1.62. The third-order valence-corrected chi connectivity index (χ3v) is 3.18. The van der Waals surface area contributed by atoms with Gasteiger partial charge in [-0.15, -0.1) is 0 Å². The number of aliphatic hydroxyl groups is 1. The van der Waals surface area contributed by atoms with Crippen LogP contribution in [0.2, 0.25) is 5.02 Å². The molecular formula is C14H20ClNO3. The second-order valence-corrected chi connectivity index (χ2v) is 4.90. The lowest BCUT2D eigenvalue weighted by Crippen LogP contribution is -2.34. The van der Waals surface area contributed by atoms with Crippen LogP contribution in [-0.2, 0) is 16.0 Å². The first-order valence-electron chi connectivity index (χ1n) is 6.21. The summed E-state index contributed by atoms with van der Waals surface area (Å²) in [6, 6.07) is 5.79. The molecule has 1 amide bonds. The highest BCUT2D eigenvalue weighted by molar-refractivity contribution is 6.31. The van der Waals surface area contributed by atoms with Crippen LogP contribution in [0.15, 0.2) is 18.2 Å². The van der Waals surface area contributed by atoms with Gasteiger partial charge in [0, 0.05) is 25.1 Å². The number of nitrogens with one attached hydrogen (secondary N) is 1. The third kappa shape index (κ3) is 6.05. The Labute approximate surface area is 118 Å². The molecule has 0 saturated heterocycles. The van der Waals surface area contributed by atoms with Crippen LogP contribution in [0.25, 0.3) is 0 Å². The van der Waals surface area contributed by atoms with Crippen LogP contribution in [0.5, 0.6) is 0 Å². The predicted molar refractivity (Wildman–Crippen MR) is 75.4 cm³/mol. The SMILES string of the molecule is COCC(O)CNC(=O)CCc1ccc(C)c(Cl)c1. The van der Waals surface area contributed by atoms with Gasteiger partial charge in [0.05, 0.1) is 12.7 Å². The quantitative estimate of drug-likeness (QED) is 0.802. The van der Waals surface area contributed by atoms with Crippen molar-refractivity contribution in [3.8, 4) is 0 Å². The van der Waals surface area contributed by atoms with Crippen LogP contribution in [0.3, 0.4) is 0 Å². The van der Waals surface area contributed by atoms with Gasteiger partial charge < -0.3 is 15.2 Å². The number of benzene rings is 1. The maximum absolute atomic E-state index is 11.6. The van der Waals surface area contributed by atoms with E-state index in [0.29, 0.717) is 17.9 Å². The topological polar surface area (TPSA) is 58.6 Å². The lowest BCUT2D eigenvalue weighted by Gasteiger charge is -2.10. The van der Waals surface area contributed by atoms with Gasteiger partial charge in [0.15, 0.2) is 0 Å². The molecule has 0 heterocycles. The molecule has 106 valence electrons. The summed E-state index contributed by atoms with van der Waals surface area (Å²) in [4.78, 5) is 11.6. The van der Waals surface area contributed by atoms with Crippen molar-refractivity contribution in [2.45, 2.75) is 25.9 Å². The molecule has 4 nitrogen and oxygen atoms in total. The van der Waals surface area contributed by atoms with Crippen LogP contribution >= 0.6 is 11.6 Å². The van der Waals surface area contributed by atoms with E-state index in [0.717, 1.165) is 11.1 Å². The highest BCUT2D eigenvalue weighted by atomic mass is 35.5. The average molecular weight is 286 g/mol. The smallest absolute Gasteiger partial charge is 0.220 e. The Kier molecular flexibility index (Phi) is 6.84. The Hall–Kier alpha value is -1.10. The zero-order valence-corrected chi connectivity index (χ0v) is 12.0. The van der Waals surface area contributed by atoms with Crippen molar-refractivity contribution in [2.24, 2.45) is 0 Å². The van der Waals surface area contributed by atoms with E-state index in [9.17, 15) is 9.90 Å². The Bertz CT molecular complexity index is 423. The molecular weight excluding hydrogens is 266 g/mol. The summed E-state index contributed by atoms with van der Waals surface area (Å²) in [5.41, 5.74) is 2.06. The van der Waals surface area contributed by atoms with E-state index in [1.165, 1.54) is 7.11 Å². The summed E-state index contributed by atoms with van der Waals surface area (Å²) < 4.78 is 4.77. The summed E-state index contributed by atoms with van der Waals surface area (Å²) in [6.45, 7) is 2.37. The minimum atomic E-state index is -0.664. The fourth-order valence-corrected chi connectivity index (χ4v) is 1.82. The Morgan fingerprint density at radius 2 is 2.26 bits per heavy atom. The Morgan fingerprint density at radius 1 is 1.53 bits per heavy atom. The number of hydrogen-bond acceptors (Lipinski definition) is 3. The molecule has 1 aromatic rings. The molecule has 1 aromatic carbocycles. The Morgan fingerprint density at radius 3 is 2.89 bits per heavy atom. The molecule has 0 aliphatic heterocycles. The molecule has 5 heteroatoms. The number of methoxy groups -OCH3 is 1. The predicted octanol–water partition coefficient (Wildman–Crippen LogP) is 1.70. The number of ether oxygens (including phenoxy) is 1. The normalized spacial score (nSPS) is 12.2. The van der Waals surface area contributed by atoms with E-state index in [1.807, 2.05) is 25.1 Å². The summed E-state index contributed by atoms with van der Waals surface area (Å²) >= 11 is 6.02. The minimum Gasteiger partial charge on any atom is -0.389 e. The maximum atomic E-state index is 11.6. The van der Waals surface area contributed by atoms with Gasteiger partial charge in [-0.1, -0.05) is 23.7 Å². The number of aryl methyl sites for hydroxylation is 2. The van der Waals surface area contributed by atoms with E-state index in [4.69, 9.17) is 16.3 Å². The molecule has 1 rings (SSSR count). The molecule has 0 aromatic heterocycles. The summed E-state index contributed by atoms with van der Waals surface area (Å²) in [6.07, 6.45) is 0.341. The van der Waals surface area contributed by atoms with Crippen molar-refractivity contribution < 1.29 is 14.6 Å². The van der Waals surface area contributed by atoms with E-state index < -0.39 is 6.10 Å². The Balaban J connectivity index is 2.31. The third-order valence-electron chi connectivity index (χ3n) is 2.77. The molecule has 1 atom stereocenters. The molecule has 0 fully saturated rings. The van der Waals surface area contributed by atoms with Crippen LogP contribution in [0, 0.1) is 6.92 Å². The summed E-state index contributed by atoms with van der Waals surface area (Å²) in [5, 5.41) is 12.8. The number of hydrogen-bond donors (Lipinski definition) is 2. The van der Waals surface area contributed by atoms with E-state index in [2.05, 4.69) is 5.32 Å². The minimum absolute atomic E-state index is 0.0909. The highest BCUT2D eigenvalue weighted by Gasteiger charge is 2.07. The van der Waals surface area contributed by atoms with E-state index >= 15 is 0 Å². The van der Waals surface area contributed by atoms with Crippen LogP contribution in [0.4, 0.5) is 0 Å². The molecule has 0 bridgehead atoms. The number of carbonyl (C=O) groups is 1. The molecule has 19 heavy (non-hydrogen) atoms. The standard InChI is InChI=1S/C14H20ClNO3/c1-10-3-4-11(7-13(10)15)5-6-14(18)16-8-12(17)9-19-2/h3-4,7,12,17H,5-6,8-9H2,1-2H3,(H,16,18). The zero-order valence-electron chi connectivity index (χ0n) is 11.3. The first-order chi connectivity index (χ1) is 9.02. The summed E-state index contributed by atoms with van der Waals surface area (Å²) in [5.74, 6) is -0.0909. The first kappa shape index (κ1) is 16.0. The van der Waals surface area contributed by atoms with Gasteiger partial charge in [-0.2, -0.15) is 0 Å². The van der Waals surface area contributed by atoms with Gasteiger partial charge in [0.25, 0.3) is 0 Å². The molecule has 0 saturated carbocycles. The van der Waals surface area contributed by atoms with Gasteiger partial charge in [-0.3, -0.25) is 4.79 Å². The lowest BCUT2D eigenvalue weighted by molar-refractivity contribution is -0.121. The molecule has 2 N–H and O–H groups in total. The molecule has 0 radical (unpaired) electrons. The van der Waals surface area contributed by atoms with Gasteiger partial charge in [-0.05, 0) is 30.5 Å². The number of aliphatic hydroxyl groups excluding tert-OH is 1. The van der Waals surface area contributed by atoms with Crippen molar-refractivity contribution in [1.82, 2.24) is 5.32 Å². The molecule has 0 aliphatic rings. The number of rotatable bonds is 7. The number of amides is 1. The number of carbonyl (C=O) groups excluding carboxylic acids is 1. The summed E-state index contributed by atoms with van der Waals surface area (Å²) in [7, 11) is 1.51.